The van der Waals surface area contributed by atoms with Crippen molar-refractivity contribution in [3.05, 3.63) is 33.4 Å². The van der Waals surface area contributed by atoms with Gasteiger partial charge in [-0.15, -0.1) is 0 Å². The molecule has 0 fully saturated rings. The van der Waals surface area contributed by atoms with Gasteiger partial charge in [0.05, 0.1) is 4.92 Å². The summed E-state index contributed by atoms with van der Waals surface area (Å²) in [4.78, 5) is 10.3. The van der Waals surface area contributed by atoms with Crippen LogP contribution >= 0.6 is 0 Å². The molecule has 1 N–H and O–H groups in total. The average molecular weight is 208 g/mol. The molecular weight excluding hydrogens is 192 g/mol. The second kappa shape index (κ2) is 4.77. The molecule has 1 heterocycles. The van der Waals surface area contributed by atoms with Crippen molar-refractivity contribution in [2.75, 3.05) is 11.9 Å². The van der Waals surface area contributed by atoms with Crippen molar-refractivity contribution in [1.82, 2.24) is 0 Å². The summed E-state index contributed by atoms with van der Waals surface area (Å²) in [6.07, 6.45) is 0.966. The second-order valence-corrected chi connectivity index (χ2v) is 3.23. The Bertz CT molecular complexity index is 375. The molecule has 1 aromatic rings. The Balaban J connectivity index is 0.000000531. The molecule has 4 nitrogen and oxygen atoms in total. The molecule has 0 saturated carbocycles. The summed E-state index contributed by atoms with van der Waals surface area (Å²) in [5.41, 5.74) is 3.04. The quantitative estimate of drug-likeness (QED) is 0.570. The van der Waals surface area contributed by atoms with Gasteiger partial charge in [0.2, 0.25) is 0 Å². The number of hydrogen-bond donors (Lipinski definition) is 1. The minimum atomic E-state index is -0.338. The van der Waals surface area contributed by atoms with Crippen molar-refractivity contribution >= 4 is 11.4 Å². The molecule has 2 rings (SSSR count). The monoisotopic (exact) mass is 208 g/mol. The Morgan fingerprint density at radius 2 is 2.07 bits per heavy atom. The molecule has 1 aromatic carbocycles. The topological polar surface area (TPSA) is 55.2 Å². The lowest BCUT2D eigenvalue weighted by atomic mass is 10.1. The van der Waals surface area contributed by atoms with Crippen LogP contribution in [0, 0.1) is 17.0 Å². The first-order valence-corrected chi connectivity index (χ1v) is 5.20. The Kier molecular flexibility index (Phi) is 3.66. The van der Waals surface area contributed by atoms with Gasteiger partial charge in [-0.25, -0.2) is 0 Å². The number of aryl methyl sites for hydroxylation is 1. The van der Waals surface area contributed by atoms with Crippen LogP contribution in [0.15, 0.2) is 12.1 Å². The maximum Gasteiger partial charge on any atom is 0.274 e. The van der Waals surface area contributed by atoms with Crippen molar-refractivity contribution in [1.29, 1.82) is 0 Å². The Morgan fingerprint density at radius 3 is 2.67 bits per heavy atom. The predicted molar refractivity (Wildman–Crippen MR) is 61.4 cm³/mol. The van der Waals surface area contributed by atoms with Gasteiger partial charge >= 0.3 is 0 Å². The standard InChI is InChI=1S/C9H10N2O2.C2H6/c1-6-4-7-2-3-10-8(7)5-9(6)11(12)13;1-2/h4-5,10H,2-3H2,1H3;1-2H3. The number of fused-ring (bicyclic) bond motifs is 1. The van der Waals surface area contributed by atoms with Gasteiger partial charge in [0, 0.05) is 23.9 Å². The third-order valence-electron chi connectivity index (χ3n) is 2.33. The first-order valence-electron chi connectivity index (χ1n) is 5.20. The van der Waals surface area contributed by atoms with E-state index in [4.69, 9.17) is 0 Å². The molecule has 0 atom stereocenters. The van der Waals surface area contributed by atoms with Gasteiger partial charge < -0.3 is 5.32 Å². The SMILES string of the molecule is CC.Cc1cc2c(cc1[N+](=O)[O-])NCC2. The lowest BCUT2D eigenvalue weighted by molar-refractivity contribution is -0.385. The summed E-state index contributed by atoms with van der Waals surface area (Å²) < 4.78 is 0. The second-order valence-electron chi connectivity index (χ2n) is 3.23. The summed E-state index contributed by atoms with van der Waals surface area (Å²) >= 11 is 0. The van der Waals surface area contributed by atoms with Crippen LogP contribution in [0.25, 0.3) is 0 Å². The normalized spacial score (nSPS) is 12.2. The van der Waals surface area contributed by atoms with Gasteiger partial charge in [0.15, 0.2) is 0 Å². The van der Waals surface area contributed by atoms with Crippen LogP contribution in [0.4, 0.5) is 11.4 Å². The number of nitro groups is 1. The highest BCUT2D eigenvalue weighted by Gasteiger charge is 2.17. The summed E-state index contributed by atoms with van der Waals surface area (Å²) in [6, 6.07) is 3.52. The third-order valence-corrected chi connectivity index (χ3v) is 2.33. The van der Waals surface area contributed by atoms with Gasteiger partial charge in [0.1, 0.15) is 0 Å². The molecule has 0 unspecified atom stereocenters. The molecule has 0 saturated heterocycles. The zero-order valence-electron chi connectivity index (χ0n) is 9.33. The minimum Gasteiger partial charge on any atom is -0.384 e. The largest absolute Gasteiger partial charge is 0.384 e. The lowest BCUT2D eigenvalue weighted by Crippen LogP contribution is -1.94. The summed E-state index contributed by atoms with van der Waals surface area (Å²) in [6.45, 7) is 6.66. The van der Waals surface area contributed by atoms with E-state index in [1.54, 1.807) is 13.0 Å². The molecule has 82 valence electrons. The number of nitrogens with one attached hydrogen (secondary N) is 1. The highest BCUT2D eigenvalue weighted by molar-refractivity contribution is 5.63. The van der Waals surface area contributed by atoms with Crippen LogP contribution < -0.4 is 5.32 Å². The van der Waals surface area contributed by atoms with Gasteiger partial charge in [-0.05, 0) is 25.0 Å². The molecule has 0 aliphatic carbocycles. The smallest absolute Gasteiger partial charge is 0.274 e. The minimum absolute atomic E-state index is 0.202. The number of benzene rings is 1. The first-order chi connectivity index (χ1) is 7.18. The lowest BCUT2D eigenvalue weighted by Gasteiger charge is -2.01. The van der Waals surface area contributed by atoms with Crippen molar-refractivity contribution in [2.45, 2.75) is 27.2 Å². The zero-order valence-corrected chi connectivity index (χ0v) is 9.33. The molecule has 1 aliphatic rings. The molecule has 15 heavy (non-hydrogen) atoms. The average Bonchev–Trinajstić information content (AvgIpc) is 2.66. The van der Waals surface area contributed by atoms with Crippen LogP contribution in [0.1, 0.15) is 25.0 Å². The van der Waals surface area contributed by atoms with E-state index in [-0.39, 0.29) is 10.6 Å². The van der Waals surface area contributed by atoms with Gasteiger partial charge in [-0.2, -0.15) is 0 Å². The van der Waals surface area contributed by atoms with E-state index in [1.165, 1.54) is 5.56 Å². The fourth-order valence-corrected chi connectivity index (χ4v) is 1.66. The fraction of sp³-hybridized carbons (Fsp3) is 0.455. The molecule has 4 heteroatoms. The van der Waals surface area contributed by atoms with E-state index in [0.717, 1.165) is 24.2 Å². The van der Waals surface area contributed by atoms with E-state index in [9.17, 15) is 10.1 Å². The molecule has 0 spiro atoms. The number of nitro benzene ring substituents is 1. The maximum atomic E-state index is 10.6. The van der Waals surface area contributed by atoms with Crippen LogP contribution in [-0.4, -0.2) is 11.5 Å². The molecule has 0 bridgehead atoms. The van der Waals surface area contributed by atoms with Crippen molar-refractivity contribution in [3.8, 4) is 0 Å². The van der Waals surface area contributed by atoms with E-state index in [1.807, 2.05) is 19.9 Å². The zero-order chi connectivity index (χ0) is 11.4. The Hall–Kier alpha value is -1.58. The number of anilines is 1. The highest BCUT2D eigenvalue weighted by atomic mass is 16.6. The Morgan fingerprint density at radius 1 is 1.40 bits per heavy atom. The predicted octanol–water partition coefficient (Wildman–Crippen LogP) is 2.90. The summed E-state index contributed by atoms with van der Waals surface area (Å²) in [7, 11) is 0. The van der Waals surface area contributed by atoms with Crippen LogP contribution in [-0.2, 0) is 6.42 Å². The molecule has 0 amide bonds. The van der Waals surface area contributed by atoms with Crippen molar-refractivity contribution < 1.29 is 4.92 Å². The van der Waals surface area contributed by atoms with E-state index >= 15 is 0 Å². The third kappa shape index (κ3) is 2.26. The van der Waals surface area contributed by atoms with Crippen LogP contribution in [0.5, 0.6) is 0 Å². The van der Waals surface area contributed by atoms with Gasteiger partial charge in [-0.3, -0.25) is 10.1 Å². The first kappa shape index (κ1) is 11.5. The van der Waals surface area contributed by atoms with E-state index < -0.39 is 0 Å². The van der Waals surface area contributed by atoms with Crippen LogP contribution in [0.2, 0.25) is 0 Å². The summed E-state index contributed by atoms with van der Waals surface area (Å²) in [5, 5.41) is 13.7. The maximum absolute atomic E-state index is 10.6. The fourth-order valence-electron chi connectivity index (χ4n) is 1.66. The highest BCUT2D eigenvalue weighted by Crippen LogP contribution is 2.29. The molecular formula is C11H16N2O2. The van der Waals surface area contributed by atoms with Gasteiger partial charge in [0.25, 0.3) is 5.69 Å². The molecule has 0 aromatic heterocycles. The molecule has 0 radical (unpaired) electrons. The van der Waals surface area contributed by atoms with Crippen LogP contribution in [0.3, 0.4) is 0 Å². The number of rotatable bonds is 1. The number of hydrogen-bond acceptors (Lipinski definition) is 3. The van der Waals surface area contributed by atoms with Crippen molar-refractivity contribution in [3.63, 3.8) is 0 Å². The molecule has 1 aliphatic heterocycles. The van der Waals surface area contributed by atoms with E-state index in [2.05, 4.69) is 5.32 Å². The Labute approximate surface area is 89.5 Å². The summed E-state index contributed by atoms with van der Waals surface area (Å²) in [5.74, 6) is 0. The van der Waals surface area contributed by atoms with Gasteiger partial charge in [-0.1, -0.05) is 13.8 Å². The number of nitrogens with zero attached hydrogens (tertiary/aromatic N) is 1. The van der Waals surface area contributed by atoms with E-state index in [0.29, 0.717) is 0 Å². The van der Waals surface area contributed by atoms with Crippen molar-refractivity contribution in [2.24, 2.45) is 0 Å².